The van der Waals surface area contributed by atoms with Crippen LogP contribution in [0.1, 0.15) is 36.6 Å². The van der Waals surface area contributed by atoms with Crippen LogP contribution in [0.25, 0.3) is 0 Å². The average Bonchev–Trinajstić information content (AvgIpc) is 2.34. The fourth-order valence-electron chi connectivity index (χ4n) is 2.22. The molecule has 1 N–H and O–H groups in total. The van der Waals surface area contributed by atoms with Crippen LogP contribution in [0.2, 0.25) is 0 Å². The van der Waals surface area contributed by atoms with E-state index in [2.05, 4.69) is 10.2 Å². The van der Waals surface area contributed by atoms with E-state index in [1.807, 2.05) is 6.92 Å². The molecule has 98 valence electrons. The molecular formula is C12H17N3O3. The predicted molar refractivity (Wildman–Crippen MR) is 65.4 cm³/mol. The standard InChI is InChI=1S/C12H17N3O3/c1-4-18-12(17)15-5-7(2)10-9(6-15)8(3)11(16)14-13-10/h7H,4-6H2,1-3H3,(H,14,16). The maximum absolute atomic E-state index is 11.7. The number of ether oxygens (including phenoxy) is 1. The van der Waals surface area contributed by atoms with Crippen molar-refractivity contribution in [2.45, 2.75) is 33.2 Å². The second kappa shape index (κ2) is 4.80. The molecule has 0 aliphatic carbocycles. The quantitative estimate of drug-likeness (QED) is 0.812. The number of hydrogen-bond donors (Lipinski definition) is 1. The van der Waals surface area contributed by atoms with Crippen molar-refractivity contribution in [1.82, 2.24) is 15.1 Å². The molecule has 18 heavy (non-hydrogen) atoms. The third-order valence-electron chi connectivity index (χ3n) is 3.22. The Kier molecular flexibility index (Phi) is 3.36. The Bertz CT molecular complexity index is 524. The van der Waals surface area contributed by atoms with Gasteiger partial charge in [0, 0.05) is 23.6 Å². The van der Waals surface area contributed by atoms with Crippen molar-refractivity contribution in [3.8, 4) is 0 Å². The maximum Gasteiger partial charge on any atom is 0.410 e. The largest absolute Gasteiger partial charge is 0.450 e. The van der Waals surface area contributed by atoms with Crippen molar-refractivity contribution in [2.75, 3.05) is 13.2 Å². The Balaban J connectivity index is 2.35. The number of aromatic amines is 1. The fraction of sp³-hybridized carbons (Fsp3) is 0.583. The highest BCUT2D eigenvalue weighted by Crippen LogP contribution is 2.26. The molecule has 0 radical (unpaired) electrons. The SMILES string of the molecule is CCOC(=O)N1Cc2c(n[nH]c(=O)c2C)C(C)C1. The zero-order valence-electron chi connectivity index (χ0n) is 10.8. The molecule has 1 unspecified atom stereocenters. The van der Waals surface area contributed by atoms with Crippen LogP contribution in [-0.4, -0.2) is 34.3 Å². The fourth-order valence-corrected chi connectivity index (χ4v) is 2.22. The van der Waals surface area contributed by atoms with Crippen LogP contribution in [0.3, 0.4) is 0 Å². The predicted octanol–water partition coefficient (Wildman–Crippen LogP) is 1.15. The van der Waals surface area contributed by atoms with Crippen molar-refractivity contribution >= 4 is 6.09 Å². The van der Waals surface area contributed by atoms with E-state index < -0.39 is 0 Å². The minimum Gasteiger partial charge on any atom is -0.450 e. The molecule has 1 aromatic heterocycles. The van der Waals surface area contributed by atoms with Gasteiger partial charge in [-0.25, -0.2) is 9.89 Å². The lowest BCUT2D eigenvalue weighted by Crippen LogP contribution is -2.40. The van der Waals surface area contributed by atoms with Crippen LogP contribution < -0.4 is 5.56 Å². The Morgan fingerprint density at radius 3 is 3.00 bits per heavy atom. The summed E-state index contributed by atoms with van der Waals surface area (Å²) in [4.78, 5) is 24.9. The first-order valence-electron chi connectivity index (χ1n) is 6.04. The molecule has 6 heteroatoms. The molecule has 0 spiro atoms. The van der Waals surface area contributed by atoms with Crippen LogP contribution in [-0.2, 0) is 11.3 Å². The molecule has 2 heterocycles. The number of amides is 1. The van der Waals surface area contributed by atoms with E-state index in [0.29, 0.717) is 25.3 Å². The zero-order chi connectivity index (χ0) is 13.3. The second-order valence-electron chi connectivity index (χ2n) is 4.52. The number of H-pyrrole nitrogens is 1. The third kappa shape index (κ3) is 2.10. The molecule has 2 rings (SSSR count). The molecule has 1 aliphatic heterocycles. The van der Waals surface area contributed by atoms with Crippen LogP contribution in [0, 0.1) is 6.92 Å². The van der Waals surface area contributed by atoms with E-state index in [-0.39, 0.29) is 17.6 Å². The number of nitrogens with one attached hydrogen (secondary N) is 1. The molecule has 0 saturated heterocycles. The average molecular weight is 251 g/mol. The Morgan fingerprint density at radius 1 is 1.61 bits per heavy atom. The van der Waals surface area contributed by atoms with E-state index >= 15 is 0 Å². The number of aromatic nitrogens is 2. The summed E-state index contributed by atoms with van der Waals surface area (Å²) >= 11 is 0. The Hall–Kier alpha value is -1.85. The highest BCUT2D eigenvalue weighted by molar-refractivity contribution is 5.68. The van der Waals surface area contributed by atoms with Crippen molar-refractivity contribution in [1.29, 1.82) is 0 Å². The first-order chi connectivity index (χ1) is 8.54. The summed E-state index contributed by atoms with van der Waals surface area (Å²) in [5, 5.41) is 6.57. The lowest BCUT2D eigenvalue weighted by atomic mass is 9.95. The van der Waals surface area contributed by atoms with Crippen LogP contribution in [0.5, 0.6) is 0 Å². The normalized spacial score (nSPS) is 18.4. The van der Waals surface area contributed by atoms with E-state index in [4.69, 9.17) is 4.74 Å². The first-order valence-corrected chi connectivity index (χ1v) is 6.04. The van der Waals surface area contributed by atoms with Gasteiger partial charge in [0.1, 0.15) is 0 Å². The number of carbonyl (C=O) groups is 1. The zero-order valence-corrected chi connectivity index (χ0v) is 10.8. The summed E-state index contributed by atoms with van der Waals surface area (Å²) in [6.45, 7) is 6.81. The summed E-state index contributed by atoms with van der Waals surface area (Å²) in [5.41, 5.74) is 2.13. The highest BCUT2D eigenvalue weighted by Gasteiger charge is 2.29. The lowest BCUT2D eigenvalue weighted by Gasteiger charge is -2.31. The Morgan fingerprint density at radius 2 is 2.33 bits per heavy atom. The van der Waals surface area contributed by atoms with Gasteiger partial charge in [-0.05, 0) is 13.8 Å². The molecular weight excluding hydrogens is 234 g/mol. The monoisotopic (exact) mass is 251 g/mol. The van der Waals surface area contributed by atoms with Gasteiger partial charge < -0.3 is 9.64 Å². The number of fused-ring (bicyclic) bond motifs is 1. The third-order valence-corrected chi connectivity index (χ3v) is 3.22. The number of rotatable bonds is 1. The minimum absolute atomic E-state index is 0.0914. The topological polar surface area (TPSA) is 75.3 Å². The van der Waals surface area contributed by atoms with Crippen LogP contribution >= 0.6 is 0 Å². The Labute approximate surface area is 105 Å². The molecule has 6 nitrogen and oxygen atoms in total. The summed E-state index contributed by atoms with van der Waals surface area (Å²) in [5.74, 6) is 0.0914. The maximum atomic E-state index is 11.7. The molecule has 1 aromatic rings. The van der Waals surface area contributed by atoms with Gasteiger partial charge in [0.2, 0.25) is 0 Å². The van der Waals surface area contributed by atoms with E-state index in [9.17, 15) is 9.59 Å². The summed E-state index contributed by atoms with van der Waals surface area (Å²) in [6, 6.07) is 0. The summed E-state index contributed by atoms with van der Waals surface area (Å²) in [7, 11) is 0. The number of hydrogen-bond acceptors (Lipinski definition) is 4. The molecule has 0 saturated carbocycles. The molecule has 1 atom stereocenters. The van der Waals surface area contributed by atoms with Gasteiger partial charge in [-0.1, -0.05) is 6.92 Å². The van der Waals surface area contributed by atoms with Gasteiger partial charge >= 0.3 is 6.09 Å². The van der Waals surface area contributed by atoms with Gasteiger partial charge in [-0.15, -0.1) is 0 Å². The van der Waals surface area contributed by atoms with Gasteiger partial charge in [-0.3, -0.25) is 4.79 Å². The molecule has 0 bridgehead atoms. The number of carbonyl (C=O) groups excluding carboxylic acids is 1. The van der Waals surface area contributed by atoms with Crippen molar-refractivity contribution in [2.24, 2.45) is 0 Å². The van der Waals surface area contributed by atoms with Gasteiger partial charge in [0.15, 0.2) is 0 Å². The lowest BCUT2D eigenvalue weighted by molar-refractivity contribution is 0.0987. The molecule has 0 fully saturated rings. The first kappa shape index (κ1) is 12.6. The van der Waals surface area contributed by atoms with E-state index in [1.165, 1.54) is 0 Å². The van der Waals surface area contributed by atoms with Gasteiger partial charge in [0.25, 0.3) is 5.56 Å². The smallest absolute Gasteiger partial charge is 0.410 e. The van der Waals surface area contributed by atoms with E-state index in [1.54, 1.807) is 18.7 Å². The van der Waals surface area contributed by atoms with E-state index in [0.717, 1.165) is 11.3 Å². The second-order valence-corrected chi connectivity index (χ2v) is 4.52. The van der Waals surface area contributed by atoms with Crippen molar-refractivity contribution in [3.63, 3.8) is 0 Å². The summed E-state index contributed by atoms with van der Waals surface area (Å²) in [6.07, 6.45) is -0.338. The molecule has 0 aromatic carbocycles. The highest BCUT2D eigenvalue weighted by atomic mass is 16.6. The summed E-state index contributed by atoms with van der Waals surface area (Å²) < 4.78 is 5.00. The van der Waals surface area contributed by atoms with Crippen molar-refractivity contribution < 1.29 is 9.53 Å². The number of nitrogens with zero attached hydrogens (tertiary/aromatic N) is 2. The van der Waals surface area contributed by atoms with Gasteiger partial charge in [0.05, 0.1) is 18.8 Å². The van der Waals surface area contributed by atoms with Crippen molar-refractivity contribution in [3.05, 3.63) is 27.2 Å². The van der Waals surface area contributed by atoms with Gasteiger partial charge in [-0.2, -0.15) is 5.10 Å². The molecule has 1 amide bonds. The van der Waals surface area contributed by atoms with Crippen LogP contribution in [0.15, 0.2) is 4.79 Å². The van der Waals surface area contributed by atoms with Crippen LogP contribution in [0.4, 0.5) is 4.79 Å². The molecule has 1 aliphatic rings. The minimum atomic E-state index is -0.338.